The standard InChI is InChI=1S/C15H15FN4O/c16-11-5-1-2-6-12(11)19-15(21)13-9-14(18-10-17-13)20-7-3-4-8-20/h1-2,5-6,9-10H,3-4,7-8H2,(H,19,21). The summed E-state index contributed by atoms with van der Waals surface area (Å²) in [6.07, 6.45) is 3.62. The molecule has 1 aliphatic rings. The van der Waals surface area contributed by atoms with E-state index in [1.165, 1.54) is 18.5 Å². The van der Waals surface area contributed by atoms with E-state index in [0.717, 1.165) is 31.7 Å². The number of hydrogen-bond acceptors (Lipinski definition) is 4. The van der Waals surface area contributed by atoms with Gasteiger partial charge in [-0.05, 0) is 25.0 Å². The summed E-state index contributed by atoms with van der Waals surface area (Å²) in [5.41, 5.74) is 0.374. The third kappa shape index (κ3) is 2.99. The lowest BCUT2D eigenvalue weighted by Gasteiger charge is -2.16. The molecule has 108 valence electrons. The third-order valence-electron chi connectivity index (χ3n) is 3.44. The van der Waals surface area contributed by atoms with Crippen LogP contribution in [-0.4, -0.2) is 29.0 Å². The third-order valence-corrected chi connectivity index (χ3v) is 3.44. The predicted molar refractivity (Wildman–Crippen MR) is 77.8 cm³/mol. The summed E-state index contributed by atoms with van der Waals surface area (Å²) in [6.45, 7) is 1.87. The number of nitrogens with zero attached hydrogens (tertiary/aromatic N) is 3. The molecule has 0 bridgehead atoms. The minimum atomic E-state index is -0.473. The first-order valence-electron chi connectivity index (χ1n) is 6.87. The molecule has 1 fully saturated rings. The molecule has 0 saturated carbocycles. The summed E-state index contributed by atoms with van der Waals surface area (Å²) in [5.74, 6) is -0.177. The van der Waals surface area contributed by atoms with Crippen LogP contribution >= 0.6 is 0 Å². The number of benzene rings is 1. The van der Waals surface area contributed by atoms with Crippen molar-refractivity contribution in [1.82, 2.24) is 9.97 Å². The van der Waals surface area contributed by atoms with E-state index >= 15 is 0 Å². The SMILES string of the molecule is O=C(Nc1ccccc1F)c1cc(N2CCCC2)ncn1. The fraction of sp³-hybridized carbons (Fsp3) is 0.267. The zero-order chi connectivity index (χ0) is 14.7. The van der Waals surface area contributed by atoms with Crippen molar-refractivity contribution in [3.63, 3.8) is 0 Å². The zero-order valence-corrected chi connectivity index (χ0v) is 11.4. The molecule has 1 amide bonds. The van der Waals surface area contributed by atoms with Crippen LogP contribution in [0.1, 0.15) is 23.3 Å². The fourth-order valence-corrected chi connectivity index (χ4v) is 2.34. The number of halogens is 1. The molecule has 1 saturated heterocycles. The smallest absolute Gasteiger partial charge is 0.274 e. The number of carbonyl (C=O) groups is 1. The quantitative estimate of drug-likeness (QED) is 0.941. The number of anilines is 2. The summed E-state index contributed by atoms with van der Waals surface area (Å²) >= 11 is 0. The van der Waals surface area contributed by atoms with E-state index in [9.17, 15) is 9.18 Å². The van der Waals surface area contributed by atoms with Gasteiger partial charge in [0.2, 0.25) is 0 Å². The molecule has 5 nitrogen and oxygen atoms in total. The summed E-state index contributed by atoms with van der Waals surface area (Å²) in [4.78, 5) is 22.4. The van der Waals surface area contributed by atoms with Crippen LogP contribution in [0.15, 0.2) is 36.7 Å². The molecule has 0 spiro atoms. The van der Waals surface area contributed by atoms with Gasteiger partial charge in [-0.25, -0.2) is 14.4 Å². The molecule has 1 aromatic carbocycles. The minimum absolute atomic E-state index is 0.142. The molecule has 2 heterocycles. The molecular weight excluding hydrogens is 271 g/mol. The van der Waals surface area contributed by atoms with Crippen LogP contribution in [0, 0.1) is 5.82 Å². The van der Waals surface area contributed by atoms with Crippen molar-refractivity contribution >= 4 is 17.4 Å². The first kappa shape index (κ1) is 13.5. The Morgan fingerprint density at radius 1 is 1.19 bits per heavy atom. The van der Waals surface area contributed by atoms with Crippen molar-refractivity contribution in [1.29, 1.82) is 0 Å². The number of para-hydroxylation sites is 1. The van der Waals surface area contributed by atoms with Gasteiger partial charge in [-0.1, -0.05) is 12.1 Å². The molecule has 1 N–H and O–H groups in total. The summed E-state index contributed by atoms with van der Waals surface area (Å²) < 4.78 is 13.5. The maximum Gasteiger partial charge on any atom is 0.274 e. The largest absolute Gasteiger partial charge is 0.357 e. The highest BCUT2D eigenvalue weighted by atomic mass is 19.1. The van der Waals surface area contributed by atoms with Gasteiger partial charge in [0.25, 0.3) is 5.91 Å². The molecular formula is C15H15FN4O. The molecule has 0 radical (unpaired) electrons. The Kier molecular flexibility index (Phi) is 3.77. The molecule has 0 atom stereocenters. The number of amides is 1. The average molecular weight is 286 g/mol. The van der Waals surface area contributed by atoms with E-state index in [2.05, 4.69) is 20.2 Å². The van der Waals surface area contributed by atoms with E-state index in [4.69, 9.17) is 0 Å². The lowest BCUT2D eigenvalue weighted by Crippen LogP contribution is -2.21. The maximum atomic E-state index is 13.5. The second-order valence-corrected chi connectivity index (χ2v) is 4.89. The Balaban J connectivity index is 1.78. The van der Waals surface area contributed by atoms with Gasteiger partial charge in [-0.3, -0.25) is 4.79 Å². The van der Waals surface area contributed by atoms with Gasteiger partial charge in [0.05, 0.1) is 5.69 Å². The molecule has 3 rings (SSSR count). The zero-order valence-electron chi connectivity index (χ0n) is 11.4. The van der Waals surface area contributed by atoms with Crippen LogP contribution < -0.4 is 10.2 Å². The normalized spacial score (nSPS) is 14.2. The van der Waals surface area contributed by atoms with Crippen LogP contribution in [0.3, 0.4) is 0 Å². The molecule has 1 aromatic heterocycles. The second kappa shape index (κ2) is 5.87. The molecule has 0 unspecified atom stereocenters. The lowest BCUT2D eigenvalue weighted by molar-refractivity contribution is 0.102. The topological polar surface area (TPSA) is 58.1 Å². The van der Waals surface area contributed by atoms with Gasteiger partial charge in [0.15, 0.2) is 0 Å². The van der Waals surface area contributed by atoms with Crippen LogP contribution in [0.5, 0.6) is 0 Å². The fourth-order valence-electron chi connectivity index (χ4n) is 2.34. The molecule has 1 aliphatic heterocycles. The van der Waals surface area contributed by atoms with Crippen molar-refractivity contribution < 1.29 is 9.18 Å². The highest BCUT2D eigenvalue weighted by Crippen LogP contribution is 2.18. The van der Waals surface area contributed by atoms with E-state index in [0.29, 0.717) is 0 Å². The Morgan fingerprint density at radius 3 is 2.71 bits per heavy atom. The second-order valence-electron chi connectivity index (χ2n) is 4.89. The molecule has 2 aromatic rings. The van der Waals surface area contributed by atoms with Gasteiger partial charge >= 0.3 is 0 Å². The number of rotatable bonds is 3. The van der Waals surface area contributed by atoms with Crippen molar-refractivity contribution in [3.05, 3.63) is 48.2 Å². The van der Waals surface area contributed by atoms with Crippen molar-refractivity contribution in [2.75, 3.05) is 23.3 Å². The average Bonchev–Trinajstić information content (AvgIpc) is 3.04. The highest BCUT2D eigenvalue weighted by Gasteiger charge is 2.16. The van der Waals surface area contributed by atoms with Gasteiger partial charge in [0, 0.05) is 19.2 Å². The Labute approximate surface area is 121 Å². The summed E-state index contributed by atoms with van der Waals surface area (Å²) in [6, 6.07) is 7.68. The molecule has 0 aliphatic carbocycles. The summed E-state index contributed by atoms with van der Waals surface area (Å²) in [5, 5.41) is 2.52. The van der Waals surface area contributed by atoms with Crippen LogP contribution in [0.4, 0.5) is 15.9 Å². The first-order valence-corrected chi connectivity index (χ1v) is 6.87. The molecule has 6 heteroatoms. The number of hydrogen-bond donors (Lipinski definition) is 1. The number of aromatic nitrogens is 2. The van der Waals surface area contributed by atoms with Gasteiger partial charge in [0.1, 0.15) is 23.7 Å². The van der Waals surface area contributed by atoms with E-state index in [1.54, 1.807) is 18.2 Å². The number of nitrogens with one attached hydrogen (secondary N) is 1. The van der Waals surface area contributed by atoms with Crippen LogP contribution in [0.25, 0.3) is 0 Å². The number of carbonyl (C=O) groups excluding carboxylic acids is 1. The van der Waals surface area contributed by atoms with E-state index < -0.39 is 11.7 Å². The molecule has 21 heavy (non-hydrogen) atoms. The van der Waals surface area contributed by atoms with Gasteiger partial charge in [-0.2, -0.15) is 0 Å². The Hall–Kier alpha value is -2.50. The summed E-state index contributed by atoms with van der Waals surface area (Å²) in [7, 11) is 0. The van der Waals surface area contributed by atoms with E-state index in [1.807, 2.05) is 0 Å². The Bertz CT molecular complexity index is 656. The lowest BCUT2D eigenvalue weighted by atomic mass is 10.3. The Morgan fingerprint density at radius 2 is 1.95 bits per heavy atom. The van der Waals surface area contributed by atoms with Crippen molar-refractivity contribution in [2.45, 2.75) is 12.8 Å². The highest BCUT2D eigenvalue weighted by molar-refractivity contribution is 6.03. The van der Waals surface area contributed by atoms with Crippen LogP contribution in [-0.2, 0) is 0 Å². The van der Waals surface area contributed by atoms with Crippen LogP contribution in [0.2, 0.25) is 0 Å². The van der Waals surface area contributed by atoms with Gasteiger partial charge < -0.3 is 10.2 Å². The maximum absolute atomic E-state index is 13.5. The van der Waals surface area contributed by atoms with E-state index in [-0.39, 0.29) is 11.4 Å². The van der Waals surface area contributed by atoms with Crippen molar-refractivity contribution in [3.8, 4) is 0 Å². The van der Waals surface area contributed by atoms with Gasteiger partial charge in [-0.15, -0.1) is 0 Å². The first-order chi connectivity index (χ1) is 10.2. The predicted octanol–water partition coefficient (Wildman–Crippen LogP) is 2.47. The van der Waals surface area contributed by atoms with Crippen molar-refractivity contribution in [2.24, 2.45) is 0 Å². The monoisotopic (exact) mass is 286 g/mol. The minimum Gasteiger partial charge on any atom is -0.357 e.